The molecule has 180 valence electrons. The van der Waals surface area contributed by atoms with Crippen molar-refractivity contribution in [1.29, 1.82) is 0 Å². The van der Waals surface area contributed by atoms with Gasteiger partial charge < -0.3 is 18.9 Å². The fraction of sp³-hybridized carbons (Fsp3) is 0.560. The van der Waals surface area contributed by atoms with Crippen LogP contribution in [0.1, 0.15) is 24.7 Å². The first-order valence-corrected chi connectivity index (χ1v) is 12.2. The highest BCUT2D eigenvalue weighted by atomic mass is 16.5. The van der Waals surface area contributed by atoms with E-state index in [4.69, 9.17) is 14.5 Å². The highest BCUT2D eigenvalue weighted by Crippen LogP contribution is 2.38. The van der Waals surface area contributed by atoms with Crippen LogP contribution in [0.25, 0.3) is 11.0 Å². The SMILES string of the molecule is COC(=O)N1c2ccc3c(nc(CCn4cccn4)n3CCN3CC4(COC4)C3)c2CC[C@@H]1C. The predicted molar refractivity (Wildman–Crippen MR) is 128 cm³/mol. The zero-order valence-electron chi connectivity index (χ0n) is 19.9. The van der Waals surface area contributed by atoms with Crippen molar-refractivity contribution in [3.05, 3.63) is 42.0 Å². The molecule has 0 N–H and O–H groups in total. The quantitative estimate of drug-likeness (QED) is 0.558. The van der Waals surface area contributed by atoms with Crippen molar-refractivity contribution in [3.63, 3.8) is 0 Å². The van der Waals surface area contributed by atoms with Gasteiger partial charge >= 0.3 is 6.09 Å². The maximum absolute atomic E-state index is 12.5. The standard InChI is InChI=1S/C25H32N6O3/c1-18-4-5-19-20(31(18)24(32)33-2)6-7-21-23(19)27-22(8-11-29-10-3-9-26-29)30(21)13-12-28-14-25(15-28)16-34-17-25/h3,6-7,9-10,18H,4-5,8,11-17H2,1-2H3/t18-/m0/s1. The number of benzene rings is 1. The van der Waals surface area contributed by atoms with Gasteiger partial charge in [-0.05, 0) is 38.0 Å². The van der Waals surface area contributed by atoms with Crippen LogP contribution >= 0.6 is 0 Å². The molecule has 9 heteroatoms. The molecule has 0 saturated carbocycles. The Labute approximate surface area is 199 Å². The summed E-state index contributed by atoms with van der Waals surface area (Å²) in [4.78, 5) is 22.0. The van der Waals surface area contributed by atoms with Gasteiger partial charge in [-0.15, -0.1) is 0 Å². The molecule has 3 aromatic rings. The number of carbonyl (C=O) groups excluding carboxylic acids is 1. The topological polar surface area (TPSA) is 77.7 Å². The minimum atomic E-state index is -0.308. The van der Waals surface area contributed by atoms with Crippen LogP contribution in [0.4, 0.5) is 10.5 Å². The Balaban J connectivity index is 1.32. The van der Waals surface area contributed by atoms with E-state index in [1.807, 2.05) is 23.1 Å². The smallest absolute Gasteiger partial charge is 0.414 e. The van der Waals surface area contributed by atoms with Gasteiger partial charge in [0.25, 0.3) is 0 Å². The fourth-order valence-corrected chi connectivity index (χ4v) is 5.82. The molecule has 3 aliphatic heterocycles. The van der Waals surface area contributed by atoms with Gasteiger partial charge in [0.15, 0.2) is 0 Å². The molecule has 0 unspecified atom stereocenters. The number of anilines is 1. The molecule has 2 saturated heterocycles. The lowest BCUT2D eigenvalue weighted by Gasteiger charge is -2.55. The van der Waals surface area contributed by atoms with Crippen LogP contribution in [-0.2, 0) is 35.4 Å². The Morgan fingerprint density at radius 1 is 1.24 bits per heavy atom. The zero-order chi connectivity index (χ0) is 23.3. The molecule has 6 rings (SSSR count). The third-order valence-electron chi connectivity index (χ3n) is 7.66. The number of hydrogen-bond donors (Lipinski definition) is 0. The summed E-state index contributed by atoms with van der Waals surface area (Å²) in [6.07, 6.45) is 6.11. The lowest BCUT2D eigenvalue weighted by Crippen LogP contribution is -2.66. The van der Waals surface area contributed by atoms with Crippen molar-refractivity contribution in [2.24, 2.45) is 5.41 Å². The number of hydrogen-bond acceptors (Lipinski definition) is 6. The van der Waals surface area contributed by atoms with Crippen molar-refractivity contribution < 1.29 is 14.3 Å². The molecule has 3 aliphatic rings. The van der Waals surface area contributed by atoms with Gasteiger partial charge in [-0.2, -0.15) is 5.10 Å². The minimum absolute atomic E-state index is 0.105. The van der Waals surface area contributed by atoms with Gasteiger partial charge in [-0.3, -0.25) is 9.58 Å². The van der Waals surface area contributed by atoms with Crippen molar-refractivity contribution in [2.45, 2.75) is 45.3 Å². The first-order valence-electron chi connectivity index (χ1n) is 12.2. The molecule has 1 atom stereocenters. The number of methoxy groups -OCH3 is 1. The van der Waals surface area contributed by atoms with Crippen LogP contribution in [0.15, 0.2) is 30.6 Å². The van der Waals surface area contributed by atoms with Gasteiger partial charge in [0, 0.05) is 68.6 Å². The molecular weight excluding hydrogens is 432 g/mol. The van der Waals surface area contributed by atoms with E-state index < -0.39 is 0 Å². The molecule has 34 heavy (non-hydrogen) atoms. The minimum Gasteiger partial charge on any atom is -0.452 e. The van der Waals surface area contributed by atoms with Crippen LogP contribution in [0, 0.1) is 5.41 Å². The third-order valence-corrected chi connectivity index (χ3v) is 7.66. The molecule has 0 aliphatic carbocycles. The van der Waals surface area contributed by atoms with E-state index in [2.05, 4.69) is 33.6 Å². The lowest BCUT2D eigenvalue weighted by atomic mass is 9.78. The summed E-state index contributed by atoms with van der Waals surface area (Å²) < 4.78 is 14.9. The van der Waals surface area contributed by atoms with Crippen molar-refractivity contribution in [1.82, 2.24) is 24.2 Å². The molecule has 1 amide bonds. The van der Waals surface area contributed by atoms with E-state index in [9.17, 15) is 4.79 Å². The zero-order valence-corrected chi connectivity index (χ0v) is 19.9. The van der Waals surface area contributed by atoms with Gasteiger partial charge in [-0.1, -0.05) is 0 Å². The van der Waals surface area contributed by atoms with Crippen LogP contribution in [0.5, 0.6) is 0 Å². The molecule has 1 aromatic carbocycles. The number of imidazole rings is 1. The summed E-state index contributed by atoms with van der Waals surface area (Å²) in [6.45, 7) is 8.84. The Morgan fingerprint density at radius 3 is 2.79 bits per heavy atom. The highest BCUT2D eigenvalue weighted by Gasteiger charge is 2.48. The summed E-state index contributed by atoms with van der Waals surface area (Å²) in [6, 6.07) is 6.26. The molecular formula is C25H32N6O3. The lowest BCUT2D eigenvalue weighted by molar-refractivity contribution is -0.189. The van der Waals surface area contributed by atoms with Crippen LogP contribution < -0.4 is 4.90 Å². The van der Waals surface area contributed by atoms with E-state index in [-0.39, 0.29) is 12.1 Å². The molecule has 1 spiro atoms. The maximum Gasteiger partial charge on any atom is 0.414 e. The van der Waals surface area contributed by atoms with E-state index in [0.717, 1.165) is 93.3 Å². The number of nitrogens with zero attached hydrogens (tertiary/aromatic N) is 6. The summed E-state index contributed by atoms with van der Waals surface area (Å²) >= 11 is 0. The number of aryl methyl sites for hydroxylation is 3. The van der Waals surface area contributed by atoms with Crippen molar-refractivity contribution in [2.75, 3.05) is 44.9 Å². The average molecular weight is 465 g/mol. The van der Waals surface area contributed by atoms with E-state index in [1.54, 1.807) is 4.90 Å². The number of ether oxygens (including phenoxy) is 2. The molecule has 0 radical (unpaired) electrons. The maximum atomic E-state index is 12.5. The second-order valence-electron chi connectivity index (χ2n) is 10.1. The van der Waals surface area contributed by atoms with Gasteiger partial charge in [-0.25, -0.2) is 9.78 Å². The molecule has 0 bridgehead atoms. The van der Waals surface area contributed by atoms with Crippen molar-refractivity contribution in [3.8, 4) is 0 Å². The Kier molecular flexibility index (Phi) is 5.33. The summed E-state index contributed by atoms with van der Waals surface area (Å²) in [5.74, 6) is 1.07. The van der Waals surface area contributed by atoms with E-state index >= 15 is 0 Å². The molecule has 5 heterocycles. The first kappa shape index (κ1) is 21.6. The fourth-order valence-electron chi connectivity index (χ4n) is 5.82. The van der Waals surface area contributed by atoms with Crippen LogP contribution in [0.3, 0.4) is 0 Å². The second kappa shape index (κ2) is 8.39. The Morgan fingerprint density at radius 2 is 2.09 bits per heavy atom. The average Bonchev–Trinajstić information content (AvgIpc) is 3.42. The monoisotopic (exact) mass is 464 g/mol. The molecule has 9 nitrogen and oxygen atoms in total. The summed E-state index contributed by atoms with van der Waals surface area (Å²) in [5.41, 5.74) is 4.66. The van der Waals surface area contributed by atoms with E-state index in [0.29, 0.717) is 5.41 Å². The van der Waals surface area contributed by atoms with Crippen molar-refractivity contribution >= 4 is 22.8 Å². The number of rotatable bonds is 6. The number of amides is 1. The Hall–Kier alpha value is -2.91. The van der Waals surface area contributed by atoms with Gasteiger partial charge in [0.05, 0.1) is 37.0 Å². The highest BCUT2D eigenvalue weighted by molar-refractivity contribution is 5.95. The largest absolute Gasteiger partial charge is 0.452 e. The van der Waals surface area contributed by atoms with Crippen LogP contribution in [-0.4, -0.2) is 76.3 Å². The summed E-state index contributed by atoms with van der Waals surface area (Å²) in [5, 5.41) is 4.36. The number of aromatic nitrogens is 4. The number of likely N-dealkylation sites (tertiary alicyclic amines) is 1. The second-order valence-corrected chi connectivity index (χ2v) is 10.1. The molecule has 2 aromatic heterocycles. The van der Waals surface area contributed by atoms with E-state index in [1.165, 1.54) is 7.11 Å². The molecule has 2 fully saturated rings. The Bertz CT molecular complexity index is 1190. The van der Waals surface area contributed by atoms with Gasteiger partial charge in [0.2, 0.25) is 0 Å². The normalized spacial score (nSPS) is 21.4. The number of carbonyl (C=O) groups is 1. The van der Waals surface area contributed by atoms with Crippen LogP contribution in [0.2, 0.25) is 0 Å². The third kappa shape index (κ3) is 3.58. The van der Waals surface area contributed by atoms with Gasteiger partial charge in [0.1, 0.15) is 5.82 Å². The predicted octanol–water partition coefficient (Wildman–Crippen LogP) is 2.72. The first-order chi connectivity index (χ1) is 16.6. The summed E-state index contributed by atoms with van der Waals surface area (Å²) in [7, 11) is 1.44. The number of fused-ring (bicyclic) bond motifs is 3.